The standard InChI is InChI=1S/C16H6Br12/c1-3-5(13(23)9(19)7(17)11(3,21)15(13,25)26)6-4(2)12(22)8(18)10(20)14(6,24)16(12,27)28/h5-6H,1-2H2. The van der Waals surface area contributed by atoms with Crippen LogP contribution in [0.1, 0.15) is 0 Å². The quantitative estimate of drug-likeness (QED) is 0.181. The second-order valence-corrected chi connectivity index (χ2v) is 22.1. The summed E-state index contributed by atoms with van der Waals surface area (Å²) in [6.45, 7) is 9.10. The molecule has 4 aliphatic carbocycles. The number of halogens is 12. The molecule has 0 N–H and O–H groups in total. The van der Waals surface area contributed by atoms with Crippen molar-refractivity contribution in [2.45, 2.75) is 23.8 Å². The topological polar surface area (TPSA) is 0 Å². The van der Waals surface area contributed by atoms with E-state index in [1.807, 2.05) is 0 Å². The van der Waals surface area contributed by atoms with Crippen LogP contribution in [0.25, 0.3) is 0 Å². The van der Waals surface area contributed by atoms with E-state index < -0.39 is 23.8 Å². The van der Waals surface area contributed by atoms with Gasteiger partial charge in [0, 0.05) is 29.8 Å². The molecule has 4 aliphatic rings. The summed E-state index contributed by atoms with van der Waals surface area (Å²) in [6.07, 6.45) is 0. The van der Waals surface area contributed by atoms with E-state index in [0.717, 1.165) is 29.1 Å². The summed E-state index contributed by atoms with van der Waals surface area (Å²) in [7, 11) is 0. The van der Waals surface area contributed by atoms with Crippen molar-refractivity contribution in [1.29, 1.82) is 0 Å². The van der Waals surface area contributed by atoms with Crippen molar-refractivity contribution in [3.63, 3.8) is 0 Å². The van der Waals surface area contributed by atoms with Gasteiger partial charge < -0.3 is 0 Å². The molecule has 0 nitrogen and oxygen atoms in total. The molecule has 6 unspecified atom stereocenters. The summed E-state index contributed by atoms with van der Waals surface area (Å²) < 4.78 is 0.765. The summed E-state index contributed by atoms with van der Waals surface area (Å²) in [5.74, 6) is -0.0644. The average Bonchev–Trinajstić information content (AvgIpc) is 2.91. The van der Waals surface area contributed by atoms with Crippen molar-refractivity contribution in [1.82, 2.24) is 0 Å². The highest BCUT2D eigenvalue weighted by atomic mass is 79.9. The van der Waals surface area contributed by atoms with Crippen LogP contribution in [0.5, 0.6) is 0 Å². The number of allylic oxidation sites excluding steroid dienone is 6. The van der Waals surface area contributed by atoms with E-state index in [2.05, 4.69) is 204 Å². The van der Waals surface area contributed by atoms with Crippen LogP contribution >= 0.6 is 191 Å². The Morgan fingerprint density at radius 2 is 0.750 bits per heavy atom. The van der Waals surface area contributed by atoms with Gasteiger partial charge in [0.25, 0.3) is 0 Å². The Bertz CT molecular complexity index is 869. The molecule has 0 radical (unpaired) electrons. The molecule has 0 spiro atoms. The fourth-order valence-electron chi connectivity index (χ4n) is 4.79. The molecular weight excluding hydrogens is 1150 g/mol. The van der Waals surface area contributed by atoms with E-state index in [4.69, 9.17) is 0 Å². The van der Waals surface area contributed by atoms with Gasteiger partial charge in [-0.05, 0) is 11.1 Å². The second kappa shape index (κ2) is 7.15. The zero-order valence-electron chi connectivity index (χ0n) is 13.1. The summed E-state index contributed by atoms with van der Waals surface area (Å²) in [6, 6.07) is 0. The number of rotatable bonds is 1. The summed E-state index contributed by atoms with van der Waals surface area (Å²) in [5.41, 5.74) is 2.07. The van der Waals surface area contributed by atoms with Gasteiger partial charge >= 0.3 is 0 Å². The Labute approximate surface area is 264 Å². The van der Waals surface area contributed by atoms with Gasteiger partial charge in [0.15, 0.2) is 0 Å². The number of fused-ring (bicyclic) bond motifs is 4. The van der Waals surface area contributed by atoms with E-state index in [1.165, 1.54) is 0 Å². The minimum atomic E-state index is -0.556. The molecule has 0 amide bonds. The molecular formula is C16H6Br12. The van der Waals surface area contributed by atoms with Crippen molar-refractivity contribution in [3.05, 3.63) is 42.2 Å². The van der Waals surface area contributed by atoms with E-state index in [9.17, 15) is 0 Å². The minimum Gasteiger partial charge on any atom is -0.0976 e. The highest BCUT2D eigenvalue weighted by Crippen LogP contribution is 2.86. The minimum absolute atomic E-state index is 0.0322. The molecule has 0 saturated heterocycles. The number of hydrogen-bond acceptors (Lipinski definition) is 0. The lowest BCUT2D eigenvalue weighted by molar-refractivity contribution is 0.384. The van der Waals surface area contributed by atoms with Crippen LogP contribution in [-0.2, 0) is 0 Å². The molecule has 0 aromatic heterocycles. The molecule has 0 aromatic carbocycles. The number of hydrogen-bond donors (Lipinski definition) is 0. The Kier molecular flexibility index (Phi) is 6.59. The van der Waals surface area contributed by atoms with E-state index in [1.54, 1.807) is 0 Å². The maximum Gasteiger partial charge on any atom is 0.124 e. The molecule has 4 bridgehead atoms. The van der Waals surface area contributed by atoms with Crippen molar-refractivity contribution in [3.8, 4) is 0 Å². The maximum atomic E-state index is 4.55. The smallest absolute Gasteiger partial charge is 0.0976 e. The van der Waals surface area contributed by atoms with Gasteiger partial charge in [0.1, 0.15) is 15.1 Å². The summed E-state index contributed by atoms with van der Waals surface area (Å²) in [5, 5.41) is 0. The van der Waals surface area contributed by atoms with Crippen LogP contribution in [0.4, 0.5) is 0 Å². The zero-order chi connectivity index (χ0) is 21.6. The van der Waals surface area contributed by atoms with Crippen molar-refractivity contribution in [2.24, 2.45) is 11.8 Å². The van der Waals surface area contributed by atoms with Crippen LogP contribution in [0, 0.1) is 11.8 Å². The molecule has 0 aromatic rings. The fraction of sp³-hybridized carbons (Fsp3) is 0.500. The van der Waals surface area contributed by atoms with E-state index >= 15 is 0 Å². The van der Waals surface area contributed by atoms with Crippen LogP contribution in [-0.4, -0.2) is 23.8 Å². The SMILES string of the molecule is C=C1C(C2C(=C)C3(Br)C(Br)=C(Br)C2(Br)C3(Br)Br)C2(Br)C(Br)=C(Br)C1(Br)C2(Br)Br. The highest BCUT2D eigenvalue weighted by Gasteiger charge is 2.85. The lowest BCUT2D eigenvalue weighted by atomic mass is 9.71. The van der Waals surface area contributed by atoms with Gasteiger partial charge in [-0.15, -0.1) is 0 Å². The lowest BCUT2D eigenvalue weighted by Crippen LogP contribution is -2.49. The van der Waals surface area contributed by atoms with E-state index in [0.29, 0.717) is 0 Å². The normalized spacial score (nSPS) is 51.1. The Balaban J connectivity index is 2.04. The predicted octanol–water partition coefficient (Wildman–Crippen LogP) is 10.9. The summed E-state index contributed by atoms with van der Waals surface area (Å²) >= 11 is 47.3. The summed E-state index contributed by atoms with van der Waals surface area (Å²) in [4.78, 5) is 0. The maximum absolute atomic E-state index is 4.55. The van der Waals surface area contributed by atoms with Gasteiger partial charge in [-0.25, -0.2) is 0 Å². The van der Waals surface area contributed by atoms with Gasteiger partial charge in [0.05, 0.1) is 8.65 Å². The monoisotopic (exact) mass is 1150 g/mol. The van der Waals surface area contributed by atoms with Crippen LogP contribution in [0.2, 0.25) is 0 Å². The largest absolute Gasteiger partial charge is 0.124 e. The van der Waals surface area contributed by atoms with Crippen molar-refractivity contribution >= 4 is 191 Å². The third-order valence-electron chi connectivity index (χ3n) is 6.23. The van der Waals surface area contributed by atoms with Crippen molar-refractivity contribution in [2.75, 3.05) is 0 Å². The third kappa shape index (κ3) is 2.30. The second-order valence-electron chi connectivity index (χ2n) is 7.15. The number of alkyl halides is 8. The molecule has 4 rings (SSSR count). The Morgan fingerprint density at radius 3 is 0.964 bits per heavy atom. The van der Waals surface area contributed by atoms with Gasteiger partial charge in [0.2, 0.25) is 0 Å². The molecule has 2 saturated carbocycles. The highest BCUT2D eigenvalue weighted by molar-refractivity contribution is 9.28. The first-order chi connectivity index (χ1) is 12.4. The van der Waals surface area contributed by atoms with Gasteiger partial charge in [-0.1, -0.05) is 204 Å². The first-order valence-corrected chi connectivity index (χ1v) is 17.0. The third-order valence-corrected chi connectivity index (χ3v) is 28.6. The average molecular weight is 1160 g/mol. The molecule has 28 heavy (non-hydrogen) atoms. The molecule has 12 heteroatoms. The molecule has 6 atom stereocenters. The van der Waals surface area contributed by atoms with Gasteiger partial charge in [-0.2, -0.15) is 0 Å². The van der Waals surface area contributed by atoms with Gasteiger partial charge in [-0.3, -0.25) is 0 Å². The lowest BCUT2D eigenvalue weighted by Gasteiger charge is -2.45. The molecule has 0 heterocycles. The molecule has 0 aliphatic heterocycles. The first-order valence-electron chi connectivity index (χ1n) is 7.46. The Morgan fingerprint density at radius 1 is 0.500 bits per heavy atom. The van der Waals surface area contributed by atoms with Crippen LogP contribution in [0.3, 0.4) is 0 Å². The molecule has 2 fully saturated rings. The first kappa shape index (κ1) is 25.8. The predicted molar refractivity (Wildman–Crippen MR) is 163 cm³/mol. The van der Waals surface area contributed by atoms with Crippen molar-refractivity contribution < 1.29 is 0 Å². The fourth-order valence-corrected chi connectivity index (χ4v) is 19.1. The molecule has 154 valence electrons. The van der Waals surface area contributed by atoms with E-state index in [-0.39, 0.29) is 11.8 Å². The zero-order valence-corrected chi connectivity index (χ0v) is 32.1. The van der Waals surface area contributed by atoms with Crippen LogP contribution in [0.15, 0.2) is 42.2 Å². The Hall–Kier alpha value is 4.72. The van der Waals surface area contributed by atoms with Crippen LogP contribution < -0.4 is 0 Å².